The molecule has 0 heterocycles. The van der Waals surface area contributed by atoms with Crippen LogP contribution in [0.4, 0.5) is 5.69 Å². The average molecular weight is 268 g/mol. The van der Waals surface area contributed by atoms with Crippen molar-refractivity contribution in [2.24, 2.45) is 0 Å². The van der Waals surface area contributed by atoms with Gasteiger partial charge in [0.15, 0.2) is 0 Å². The fourth-order valence-electron chi connectivity index (χ4n) is 1.72. The molecule has 1 N–H and O–H groups in total. The van der Waals surface area contributed by atoms with E-state index >= 15 is 0 Å². The minimum atomic E-state index is -0.352. The summed E-state index contributed by atoms with van der Waals surface area (Å²) in [4.78, 5) is 10.3. The highest BCUT2D eigenvalue weighted by Gasteiger charge is 2.09. The maximum atomic E-state index is 10.7. The number of benzene rings is 1. The Labute approximate surface area is 112 Å². The molecule has 0 aliphatic rings. The first kappa shape index (κ1) is 15.0. The fourth-order valence-corrected chi connectivity index (χ4v) is 2.21. The standard InChI is InChI=1S/C13H20N2O2S/c1-11(14-8-3-4-9-18-2)12-6-5-7-13(10-12)15(16)17/h5-7,10-11,14H,3-4,8-9H2,1-2H3. The van der Waals surface area contributed by atoms with Gasteiger partial charge < -0.3 is 5.32 Å². The van der Waals surface area contributed by atoms with Crippen molar-refractivity contribution in [3.63, 3.8) is 0 Å². The molecule has 0 spiro atoms. The van der Waals surface area contributed by atoms with Gasteiger partial charge in [-0.1, -0.05) is 12.1 Å². The Balaban J connectivity index is 2.43. The van der Waals surface area contributed by atoms with E-state index in [1.807, 2.05) is 24.8 Å². The van der Waals surface area contributed by atoms with Gasteiger partial charge in [-0.05, 0) is 43.9 Å². The first-order valence-corrected chi connectivity index (χ1v) is 7.51. The van der Waals surface area contributed by atoms with Crippen LogP contribution in [-0.2, 0) is 0 Å². The number of non-ortho nitro benzene ring substituents is 1. The number of nitro groups is 1. The van der Waals surface area contributed by atoms with E-state index in [1.165, 1.54) is 18.2 Å². The predicted molar refractivity (Wildman–Crippen MR) is 77.1 cm³/mol. The molecular formula is C13H20N2O2S. The van der Waals surface area contributed by atoms with Gasteiger partial charge in [-0.25, -0.2) is 0 Å². The topological polar surface area (TPSA) is 55.2 Å². The van der Waals surface area contributed by atoms with Crippen molar-refractivity contribution in [2.75, 3.05) is 18.6 Å². The molecule has 0 bridgehead atoms. The lowest BCUT2D eigenvalue weighted by Gasteiger charge is -2.13. The highest BCUT2D eigenvalue weighted by atomic mass is 32.2. The SMILES string of the molecule is CSCCCCNC(C)c1cccc([N+](=O)[O-])c1. The third-order valence-electron chi connectivity index (χ3n) is 2.81. The Morgan fingerprint density at radius 1 is 1.44 bits per heavy atom. The molecule has 0 aromatic heterocycles. The van der Waals surface area contributed by atoms with Crippen LogP contribution in [-0.4, -0.2) is 23.5 Å². The quantitative estimate of drug-likeness (QED) is 0.446. The molecule has 1 rings (SSSR count). The number of nitrogens with zero attached hydrogens (tertiary/aromatic N) is 1. The van der Waals surface area contributed by atoms with Crippen molar-refractivity contribution < 1.29 is 4.92 Å². The second-order valence-electron chi connectivity index (χ2n) is 4.23. The van der Waals surface area contributed by atoms with E-state index in [2.05, 4.69) is 11.6 Å². The minimum Gasteiger partial charge on any atom is -0.310 e. The zero-order valence-corrected chi connectivity index (χ0v) is 11.7. The molecule has 0 aliphatic carbocycles. The molecule has 18 heavy (non-hydrogen) atoms. The molecule has 0 saturated carbocycles. The van der Waals surface area contributed by atoms with Gasteiger partial charge in [0.25, 0.3) is 5.69 Å². The van der Waals surface area contributed by atoms with E-state index in [-0.39, 0.29) is 16.7 Å². The summed E-state index contributed by atoms with van der Waals surface area (Å²) in [7, 11) is 0. The molecule has 0 radical (unpaired) electrons. The lowest BCUT2D eigenvalue weighted by Crippen LogP contribution is -2.20. The van der Waals surface area contributed by atoms with Crippen LogP contribution in [0.25, 0.3) is 0 Å². The molecule has 1 aromatic carbocycles. The Kier molecular flexibility index (Phi) is 6.75. The third-order valence-corrected chi connectivity index (χ3v) is 3.50. The summed E-state index contributed by atoms with van der Waals surface area (Å²) in [5, 5.41) is 14.1. The molecule has 0 aliphatic heterocycles. The van der Waals surface area contributed by atoms with Gasteiger partial charge in [0.2, 0.25) is 0 Å². The van der Waals surface area contributed by atoms with Crippen LogP contribution >= 0.6 is 11.8 Å². The first-order valence-electron chi connectivity index (χ1n) is 6.12. The second-order valence-corrected chi connectivity index (χ2v) is 5.21. The van der Waals surface area contributed by atoms with Crippen LogP contribution < -0.4 is 5.32 Å². The van der Waals surface area contributed by atoms with Crippen LogP contribution in [0.2, 0.25) is 0 Å². The van der Waals surface area contributed by atoms with Gasteiger partial charge in [0.05, 0.1) is 4.92 Å². The van der Waals surface area contributed by atoms with E-state index in [0.717, 1.165) is 18.5 Å². The van der Waals surface area contributed by atoms with E-state index in [1.54, 1.807) is 12.1 Å². The number of hydrogen-bond donors (Lipinski definition) is 1. The summed E-state index contributed by atoms with van der Waals surface area (Å²) < 4.78 is 0. The van der Waals surface area contributed by atoms with Crippen LogP contribution in [0.15, 0.2) is 24.3 Å². The highest BCUT2D eigenvalue weighted by Crippen LogP contribution is 2.18. The maximum Gasteiger partial charge on any atom is 0.269 e. The molecule has 0 fully saturated rings. The molecule has 4 nitrogen and oxygen atoms in total. The maximum absolute atomic E-state index is 10.7. The molecule has 0 amide bonds. The molecule has 0 saturated heterocycles. The normalized spacial score (nSPS) is 12.3. The molecule has 1 unspecified atom stereocenters. The minimum absolute atomic E-state index is 0.152. The highest BCUT2D eigenvalue weighted by molar-refractivity contribution is 7.98. The summed E-state index contributed by atoms with van der Waals surface area (Å²) in [6, 6.07) is 6.97. The second kappa shape index (κ2) is 8.11. The summed E-state index contributed by atoms with van der Waals surface area (Å²) in [6.07, 6.45) is 4.45. The van der Waals surface area contributed by atoms with Crippen molar-refractivity contribution >= 4 is 17.4 Å². The number of hydrogen-bond acceptors (Lipinski definition) is 4. The molecule has 1 atom stereocenters. The van der Waals surface area contributed by atoms with Crippen LogP contribution in [0.3, 0.4) is 0 Å². The fraction of sp³-hybridized carbons (Fsp3) is 0.538. The molecule has 100 valence electrons. The lowest BCUT2D eigenvalue weighted by atomic mass is 10.1. The summed E-state index contributed by atoms with van der Waals surface area (Å²) >= 11 is 1.86. The van der Waals surface area contributed by atoms with Gasteiger partial charge in [-0.3, -0.25) is 10.1 Å². The molecule has 1 aromatic rings. The van der Waals surface area contributed by atoms with Crippen LogP contribution in [0, 0.1) is 10.1 Å². The predicted octanol–water partition coefficient (Wildman–Crippen LogP) is 3.39. The summed E-state index contributed by atoms with van der Waals surface area (Å²) in [5.74, 6) is 1.19. The van der Waals surface area contributed by atoms with Crippen molar-refractivity contribution in [1.82, 2.24) is 5.32 Å². The van der Waals surface area contributed by atoms with Crippen molar-refractivity contribution in [1.29, 1.82) is 0 Å². The number of nitrogens with one attached hydrogen (secondary N) is 1. The number of nitro benzene ring substituents is 1. The Morgan fingerprint density at radius 2 is 2.22 bits per heavy atom. The average Bonchev–Trinajstić information content (AvgIpc) is 2.38. The van der Waals surface area contributed by atoms with Crippen LogP contribution in [0.1, 0.15) is 31.4 Å². The van der Waals surface area contributed by atoms with E-state index < -0.39 is 0 Å². The van der Waals surface area contributed by atoms with Gasteiger partial charge >= 0.3 is 0 Å². The van der Waals surface area contributed by atoms with Crippen molar-refractivity contribution in [3.05, 3.63) is 39.9 Å². The summed E-state index contributed by atoms with van der Waals surface area (Å²) in [5.41, 5.74) is 1.12. The number of rotatable bonds is 8. The van der Waals surface area contributed by atoms with Gasteiger partial charge in [-0.2, -0.15) is 11.8 Å². The smallest absolute Gasteiger partial charge is 0.269 e. The monoisotopic (exact) mass is 268 g/mol. The van der Waals surface area contributed by atoms with Gasteiger partial charge in [0.1, 0.15) is 0 Å². The van der Waals surface area contributed by atoms with Gasteiger partial charge in [-0.15, -0.1) is 0 Å². The van der Waals surface area contributed by atoms with Crippen molar-refractivity contribution in [2.45, 2.75) is 25.8 Å². The first-order chi connectivity index (χ1) is 8.65. The zero-order chi connectivity index (χ0) is 13.4. The van der Waals surface area contributed by atoms with Crippen molar-refractivity contribution in [3.8, 4) is 0 Å². The number of unbranched alkanes of at least 4 members (excludes halogenated alkanes) is 1. The third kappa shape index (κ3) is 5.06. The zero-order valence-electron chi connectivity index (χ0n) is 10.9. The number of thioether (sulfide) groups is 1. The Hall–Kier alpha value is -1.07. The van der Waals surface area contributed by atoms with Crippen LogP contribution in [0.5, 0.6) is 0 Å². The summed E-state index contributed by atoms with van der Waals surface area (Å²) in [6.45, 7) is 2.98. The Morgan fingerprint density at radius 3 is 2.89 bits per heavy atom. The lowest BCUT2D eigenvalue weighted by molar-refractivity contribution is -0.384. The molecular weight excluding hydrogens is 248 g/mol. The van der Waals surface area contributed by atoms with E-state index in [9.17, 15) is 10.1 Å². The van der Waals surface area contributed by atoms with E-state index in [0.29, 0.717) is 0 Å². The largest absolute Gasteiger partial charge is 0.310 e. The van der Waals surface area contributed by atoms with E-state index in [4.69, 9.17) is 0 Å². The molecule has 5 heteroatoms. The Bertz CT molecular complexity index is 385. The van der Waals surface area contributed by atoms with Gasteiger partial charge in [0, 0.05) is 18.2 Å².